The quantitative estimate of drug-likeness (QED) is 0.662. The molecule has 0 bridgehead atoms. The number of aromatic hydroxyl groups is 2. The van der Waals surface area contributed by atoms with Gasteiger partial charge < -0.3 is 20.3 Å². The molecule has 0 aromatic heterocycles. The van der Waals surface area contributed by atoms with E-state index in [1.807, 2.05) is 0 Å². The number of methoxy groups -OCH3 is 1. The number of hydrogen-bond acceptors (Lipinski definition) is 4. The Balaban J connectivity index is 3.07. The first kappa shape index (κ1) is 10.2. The number of phenols is 2. The molecule has 5 nitrogen and oxygen atoms in total. The van der Waals surface area contributed by atoms with Crippen molar-refractivity contribution >= 4 is 11.6 Å². The van der Waals surface area contributed by atoms with Gasteiger partial charge in [0.15, 0.2) is 11.5 Å². The number of ether oxygens (including phenoxy) is 1. The number of amides is 1. The molecule has 1 rings (SSSR count). The molecule has 0 saturated carbocycles. The number of carbonyl (C=O) groups excluding carboxylic acids is 1. The second-order valence-electron chi connectivity index (χ2n) is 2.73. The van der Waals surface area contributed by atoms with E-state index in [2.05, 4.69) is 5.32 Å². The highest BCUT2D eigenvalue weighted by Crippen LogP contribution is 2.38. The van der Waals surface area contributed by atoms with Crippen molar-refractivity contribution in [3.8, 4) is 17.2 Å². The third-order valence-corrected chi connectivity index (χ3v) is 1.57. The van der Waals surface area contributed by atoms with Gasteiger partial charge in [0.2, 0.25) is 11.7 Å². The van der Waals surface area contributed by atoms with Gasteiger partial charge in [0.25, 0.3) is 0 Å². The van der Waals surface area contributed by atoms with Crippen LogP contribution in [0.15, 0.2) is 12.1 Å². The first-order chi connectivity index (χ1) is 6.54. The van der Waals surface area contributed by atoms with Gasteiger partial charge in [0.1, 0.15) is 0 Å². The van der Waals surface area contributed by atoms with Crippen LogP contribution < -0.4 is 10.1 Å². The van der Waals surface area contributed by atoms with E-state index in [9.17, 15) is 15.0 Å². The lowest BCUT2D eigenvalue weighted by Gasteiger charge is -2.08. The molecular weight excluding hydrogens is 186 g/mol. The molecule has 0 aliphatic rings. The van der Waals surface area contributed by atoms with E-state index in [4.69, 9.17) is 4.74 Å². The summed E-state index contributed by atoms with van der Waals surface area (Å²) in [7, 11) is 1.33. The van der Waals surface area contributed by atoms with Gasteiger partial charge in [0, 0.05) is 24.7 Å². The van der Waals surface area contributed by atoms with Crippen LogP contribution in [0.2, 0.25) is 0 Å². The van der Waals surface area contributed by atoms with Crippen molar-refractivity contribution in [3.05, 3.63) is 12.1 Å². The van der Waals surface area contributed by atoms with Crippen LogP contribution in [0.4, 0.5) is 5.69 Å². The minimum atomic E-state index is -0.283. The lowest BCUT2D eigenvalue weighted by Crippen LogP contribution is -2.05. The molecule has 0 spiro atoms. The zero-order valence-corrected chi connectivity index (χ0v) is 7.87. The molecule has 1 amide bonds. The highest BCUT2D eigenvalue weighted by molar-refractivity contribution is 5.89. The van der Waals surface area contributed by atoms with Gasteiger partial charge in [-0.15, -0.1) is 0 Å². The Kier molecular flexibility index (Phi) is 2.81. The molecule has 0 aliphatic carbocycles. The minimum Gasteiger partial charge on any atom is -0.504 e. The second-order valence-corrected chi connectivity index (χ2v) is 2.73. The van der Waals surface area contributed by atoms with Crippen molar-refractivity contribution in [2.45, 2.75) is 6.92 Å². The van der Waals surface area contributed by atoms with Crippen LogP contribution in [0.25, 0.3) is 0 Å². The van der Waals surface area contributed by atoms with E-state index in [1.165, 1.54) is 26.2 Å². The molecule has 14 heavy (non-hydrogen) atoms. The van der Waals surface area contributed by atoms with E-state index in [-0.39, 0.29) is 23.2 Å². The highest BCUT2D eigenvalue weighted by Gasteiger charge is 2.10. The maximum atomic E-state index is 10.7. The highest BCUT2D eigenvalue weighted by atomic mass is 16.5. The fraction of sp³-hybridized carbons (Fsp3) is 0.222. The van der Waals surface area contributed by atoms with Gasteiger partial charge >= 0.3 is 0 Å². The predicted octanol–water partition coefficient (Wildman–Crippen LogP) is 1.06. The van der Waals surface area contributed by atoms with Crippen LogP contribution in [0.5, 0.6) is 17.2 Å². The summed E-state index contributed by atoms with van der Waals surface area (Å²) >= 11 is 0. The molecule has 0 atom stereocenters. The third kappa shape index (κ3) is 2.07. The Hall–Kier alpha value is -1.91. The van der Waals surface area contributed by atoms with Gasteiger partial charge in [-0.05, 0) is 0 Å². The predicted molar refractivity (Wildman–Crippen MR) is 50.6 cm³/mol. The fourth-order valence-electron chi connectivity index (χ4n) is 1.08. The van der Waals surface area contributed by atoms with E-state index >= 15 is 0 Å². The number of rotatable bonds is 2. The number of phenolic OH excluding ortho intramolecular Hbond substituents is 2. The van der Waals surface area contributed by atoms with E-state index in [0.29, 0.717) is 5.69 Å². The molecule has 1 aromatic rings. The Bertz CT molecular complexity index is 339. The zero-order chi connectivity index (χ0) is 10.7. The summed E-state index contributed by atoms with van der Waals surface area (Å²) in [4.78, 5) is 10.7. The van der Waals surface area contributed by atoms with E-state index < -0.39 is 0 Å². The van der Waals surface area contributed by atoms with Crippen LogP contribution in [0.1, 0.15) is 6.92 Å². The normalized spacial score (nSPS) is 9.57. The standard InChI is InChI=1S/C9H11NO4/c1-5(11)10-6-3-7(12)9(14-2)8(13)4-6/h3-4,12-13H,1-2H3,(H,10,11). The monoisotopic (exact) mass is 197 g/mol. The van der Waals surface area contributed by atoms with Crippen molar-refractivity contribution in [2.24, 2.45) is 0 Å². The molecule has 3 N–H and O–H groups in total. The zero-order valence-electron chi connectivity index (χ0n) is 7.87. The van der Waals surface area contributed by atoms with Crippen LogP contribution in [0.3, 0.4) is 0 Å². The summed E-state index contributed by atoms with van der Waals surface area (Å²) in [5.41, 5.74) is 0.313. The number of nitrogens with one attached hydrogen (secondary N) is 1. The van der Waals surface area contributed by atoms with E-state index in [1.54, 1.807) is 0 Å². The summed E-state index contributed by atoms with van der Waals surface area (Å²) in [6, 6.07) is 2.58. The van der Waals surface area contributed by atoms with Gasteiger partial charge in [-0.1, -0.05) is 0 Å². The Morgan fingerprint density at radius 1 is 1.36 bits per heavy atom. The first-order valence-electron chi connectivity index (χ1n) is 3.92. The molecular formula is C9H11NO4. The summed E-state index contributed by atoms with van der Waals surface area (Å²) in [6.45, 7) is 1.33. The van der Waals surface area contributed by atoms with Crippen molar-refractivity contribution in [2.75, 3.05) is 12.4 Å². The lowest BCUT2D eigenvalue weighted by atomic mass is 10.2. The molecule has 0 saturated heterocycles. The largest absolute Gasteiger partial charge is 0.504 e. The molecule has 0 aliphatic heterocycles. The van der Waals surface area contributed by atoms with Gasteiger partial charge in [-0.2, -0.15) is 0 Å². The Morgan fingerprint density at radius 3 is 2.21 bits per heavy atom. The molecule has 76 valence electrons. The average molecular weight is 197 g/mol. The molecule has 5 heteroatoms. The van der Waals surface area contributed by atoms with Crippen molar-refractivity contribution in [1.82, 2.24) is 0 Å². The molecule has 0 fully saturated rings. The Morgan fingerprint density at radius 2 is 1.86 bits per heavy atom. The second kappa shape index (κ2) is 3.87. The summed E-state index contributed by atoms with van der Waals surface area (Å²) < 4.78 is 4.72. The van der Waals surface area contributed by atoms with Gasteiger partial charge in [0.05, 0.1) is 7.11 Å². The number of hydrogen-bond donors (Lipinski definition) is 3. The van der Waals surface area contributed by atoms with Crippen LogP contribution >= 0.6 is 0 Å². The van der Waals surface area contributed by atoms with Crippen molar-refractivity contribution in [1.29, 1.82) is 0 Å². The van der Waals surface area contributed by atoms with Crippen molar-refractivity contribution in [3.63, 3.8) is 0 Å². The van der Waals surface area contributed by atoms with Crippen LogP contribution in [0, 0.1) is 0 Å². The summed E-state index contributed by atoms with van der Waals surface area (Å²) in [5, 5.41) is 21.1. The minimum absolute atomic E-state index is 0.0147. The topological polar surface area (TPSA) is 78.8 Å². The molecule has 1 aromatic carbocycles. The SMILES string of the molecule is COc1c(O)cc(NC(C)=O)cc1O. The number of anilines is 1. The van der Waals surface area contributed by atoms with Gasteiger partial charge in [-0.3, -0.25) is 4.79 Å². The maximum Gasteiger partial charge on any atom is 0.221 e. The molecule has 0 heterocycles. The average Bonchev–Trinajstić information content (AvgIpc) is 2.01. The first-order valence-corrected chi connectivity index (χ1v) is 3.92. The van der Waals surface area contributed by atoms with E-state index in [0.717, 1.165) is 0 Å². The van der Waals surface area contributed by atoms with Crippen LogP contribution in [-0.4, -0.2) is 23.2 Å². The number of benzene rings is 1. The fourth-order valence-corrected chi connectivity index (χ4v) is 1.08. The summed E-state index contributed by atoms with van der Waals surface area (Å²) in [5.74, 6) is -0.749. The maximum absolute atomic E-state index is 10.7. The third-order valence-electron chi connectivity index (χ3n) is 1.57. The number of carbonyl (C=O) groups is 1. The summed E-state index contributed by atoms with van der Waals surface area (Å²) in [6.07, 6.45) is 0. The lowest BCUT2D eigenvalue weighted by molar-refractivity contribution is -0.114. The smallest absolute Gasteiger partial charge is 0.221 e. The van der Waals surface area contributed by atoms with Crippen LogP contribution in [-0.2, 0) is 4.79 Å². The molecule has 0 radical (unpaired) electrons. The Labute approximate surface area is 80.9 Å². The van der Waals surface area contributed by atoms with Gasteiger partial charge in [-0.25, -0.2) is 0 Å². The van der Waals surface area contributed by atoms with Crippen molar-refractivity contribution < 1.29 is 19.7 Å². The molecule has 0 unspecified atom stereocenters.